The van der Waals surface area contributed by atoms with Crippen LogP contribution in [0.2, 0.25) is 0 Å². The highest BCUT2D eigenvalue weighted by Gasteiger charge is 2.11. The molecule has 3 aromatic rings. The topological polar surface area (TPSA) is 54.1 Å². The zero-order valence-electron chi connectivity index (χ0n) is 13.5. The molecule has 0 saturated carbocycles. The van der Waals surface area contributed by atoms with Gasteiger partial charge >= 0.3 is 0 Å². The Morgan fingerprint density at radius 2 is 1.96 bits per heavy atom. The monoisotopic (exact) mass is 340 g/mol. The number of hydrogen-bond acceptors (Lipinski definition) is 3. The van der Waals surface area contributed by atoms with Crippen molar-refractivity contribution in [1.29, 1.82) is 0 Å². The highest BCUT2D eigenvalue weighted by Crippen LogP contribution is 2.27. The fraction of sp³-hybridized carbons (Fsp3) is 0.211. The molecule has 0 fully saturated rings. The number of rotatable bonds is 7. The van der Waals surface area contributed by atoms with Crippen molar-refractivity contribution in [3.63, 3.8) is 0 Å². The number of amides is 1. The number of carbonyl (C=O) groups excluding carboxylic acids is 1. The van der Waals surface area contributed by atoms with Gasteiger partial charge in [0.2, 0.25) is 0 Å². The van der Waals surface area contributed by atoms with E-state index < -0.39 is 0 Å². The van der Waals surface area contributed by atoms with E-state index in [9.17, 15) is 4.79 Å². The van der Waals surface area contributed by atoms with Crippen molar-refractivity contribution in [1.82, 2.24) is 10.3 Å². The van der Waals surface area contributed by atoms with Gasteiger partial charge in [0.25, 0.3) is 5.91 Å². The van der Waals surface area contributed by atoms with Gasteiger partial charge in [-0.1, -0.05) is 30.3 Å². The minimum atomic E-state index is -0.0985. The maximum atomic E-state index is 12.3. The lowest BCUT2D eigenvalue weighted by molar-refractivity contribution is 0.0952. The predicted octanol–water partition coefficient (Wildman–Crippen LogP) is 4.09. The number of ether oxygens (including phenoxy) is 1. The molecule has 1 aromatic heterocycles. The minimum absolute atomic E-state index is 0.0985. The fourth-order valence-electron chi connectivity index (χ4n) is 2.52. The molecule has 2 aromatic carbocycles. The Hall–Kier alpha value is -2.40. The van der Waals surface area contributed by atoms with E-state index in [2.05, 4.69) is 22.4 Å². The smallest absolute Gasteiger partial charge is 0.255 e. The number of benzene rings is 2. The first-order valence-corrected chi connectivity index (χ1v) is 8.97. The quantitative estimate of drug-likeness (QED) is 0.503. The Labute approximate surface area is 145 Å². The van der Waals surface area contributed by atoms with Crippen LogP contribution in [0.15, 0.2) is 59.6 Å². The fourth-order valence-corrected chi connectivity index (χ4v) is 3.42. The van der Waals surface area contributed by atoms with Crippen LogP contribution in [0.1, 0.15) is 17.3 Å². The summed E-state index contributed by atoms with van der Waals surface area (Å²) in [6.45, 7) is 3.05. The Bertz CT molecular complexity index is 829. The van der Waals surface area contributed by atoms with Crippen LogP contribution in [0, 0.1) is 0 Å². The number of H-pyrrole nitrogens is 1. The first kappa shape index (κ1) is 16.5. The Morgan fingerprint density at radius 3 is 2.83 bits per heavy atom. The lowest BCUT2D eigenvalue weighted by Gasteiger charge is -2.10. The van der Waals surface area contributed by atoms with Gasteiger partial charge in [-0.15, -0.1) is 11.8 Å². The van der Waals surface area contributed by atoms with E-state index >= 15 is 0 Å². The summed E-state index contributed by atoms with van der Waals surface area (Å²) in [4.78, 5) is 16.8. The van der Waals surface area contributed by atoms with Crippen molar-refractivity contribution in [3.05, 3.63) is 60.3 Å². The zero-order valence-corrected chi connectivity index (χ0v) is 14.4. The third-order valence-corrected chi connectivity index (χ3v) is 4.69. The highest BCUT2D eigenvalue weighted by atomic mass is 32.2. The van der Waals surface area contributed by atoms with Gasteiger partial charge in [-0.25, -0.2) is 0 Å². The number of nitrogens with one attached hydrogen (secondary N) is 2. The summed E-state index contributed by atoms with van der Waals surface area (Å²) in [5.41, 5.74) is 1.71. The van der Waals surface area contributed by atoms with Gasteiger partial charge in [-0.05, 0) is 25.1 Å². The summed E-state index contributed by atoms with van der Waals surface area (Å²) in [5.74, 6) is 1.34. The van der Waals surface area contributed by atoms with E-state index in [4.69, 9.17) is 4.74 Å². The Kier molecular flexibility index (Phi) is 5.43. The number of thioether (sulfide) groups is 1. The van der Waals surface area contributed by atoms with Gasteiger partial charge in [0.15, 0.2) is 0 Å². The summed E-state index contributed by atoms with van der Waals surface area (Å²) in [7, 11) is 0. The molecule has 2 N–H and O–H groups in total. The van der Waals surface area contributed by atoms with Crippen LogP contribution >= 0.6 is 11.8 Å². The van der Waals surface area contributed by atoms with Crippen LogP contribution in [0.5, 0.6) is 5.75 Å². The molecule has 1 heterocycles. The lowest BCUT2D eigenvalue weighted by atomic mass is 10.2. The second kappa shape index (κ2) is 7.93. The van der Waals surface area contributed by atoms with Crippen LogP contribution in [0.4, 0.5) is 0 Å². The Balaban J connectivity index is 1.54. The maximum Gasteiger partial charge on any atom is 0.255 e. The molecule has 0 aliphatic carbocycles. The summed E-state index contributed by atoms with van der Waals surface area (Å²) >= 11 is 1.73. The molecule has 1 amide bonds. The third kappa shape index (κ3) is 3.74. The van der Waals surface area contributed by atoms with E-state index in [1.54, 1.807) is 17.8 Å². The summed E-state index contributed by atoms with van der Waals surface area (Å²) in [6, 6.07) is 15.5. The predicted molar refractivity (Wildman–Crippen MR) is 99.0 cm³/mol. The number of para-hydroxylation sites is 2. The molecule has 5 heteroatoms. The molecule has 4 nitrogen and oxygen atoms in total. The number of fused-ring (bicyclic) bond motifs is 1. The average molecular weight is 340 g/mol. The van der Waals surface area contributed by atoms with Gasteiger partial charge in [0.05, 0.1) is 12.2 Å². The van der Waals surface area contributed by atoms with Crippen molar-refractivity contribution < 1.29 is 9.53 Å². The molecule has 3 rings (SSSR count). The Morgan fingerprint density at radius 1 is 1.17 bits per heavy atom. The summed E-state index contributed by atoms with van der Waals surface area (Å²) in [6.07, 6.45) is 2.02. The molecule has 0 spiro atoms. The second-order valence-electron chi connectivity index (χ2n) is 5.23. The number of hydrogen-bond donors (Lipinski definition) is 2. The molecule has 0 aliphatic heterocycles. The third-order valence-electron chi connectivity index (χ3n) is 3.63. The van der Waals surface area contributed by atoms with E-state index in [-0.39, 0.29) is 5.91 Å². The largest absolute Gasteiger partial charge is 0.493 e. The SMILES string of the molecule is CCOc1ccccc1C(=O)NCCSc1c[nH]c2ccccc12. The molecule has 0 bridgehead atoms. The van der Waals surface area contributed by atoms with Crippen molar-refractivity contribution in [2.45, 2.75) is 11.8 Å². The molecule has 0 radical (unpaired) electrons. The van der Waals surface area contributed by atoms with E-state index in [0.29, 0.717) is 24.5 Å². The van der Waals surface area contributed by atoms with Gasteiger partial charge < -0.3 is 15.0 Å². The number of aromatic amines is 1. The standard InChI is InChI=1S/C19H20N2O2S/c1-2-23-17-10-6-4-8-15(17)19(22)20-11-12-24-18-13-21-16-9-5-3-7-14(16)18/h3-10,13,21H,2,11-12H2,1H3,(H,20,22). The van der Waals surface area contributed by atoms with Crippen LogP contribution in [0.25, 0.3) is 10.9 Å². The molecule has 0 saturated heterocycles. The molecular formula is C19H20N2O2S. The highest BCUT2D eigenvalue weighted by molar-refractivity contribution is 7.99. The van der Waals surface area contributed by atoms with Gasteiger partial charge in [0, 0.05) is 34.3 Å². The molecular weight excluding hydrogens is 320 g/mol. The lowest BCUT2D eigenvalue weighted by Crippen LogP contribution is -2.26. The van der Waals surface area contributed by atoms with E-state index in [1.807, 2.05) is 43.5 Å². The van der Waals surface area contributed by atoms with Crippen molar-refractivity contribution >= 4 is 28.6 Å². The van der Waals surface area contributed by atoms with Crippen molar-refractivity contribution in [2.24, 2.45) is 0 Å². The molecule has 0 unspecified atom stereocenters. The van der Waals surface area contributed by atoms with Gasteiger partial charge in [-0.2, -0.15) is 0 Å². The number of aromatic nitrogens is 1. The first-order valence-electron chi connectivity index (χ1n) is 7.98. The number of carbonyl (C=O) groups is 1. The van der Waals surface area contributed by atoms with Crippen LogP contribution in [-0.4, -0.2) is 29.8 Å². The molecule has 124 valence electrons. The van der Waals surface area contributed by atoms with E-state index in [0.717, 1.165) is 11.3 Å². The maximum absolute atomic E-state index is 12.3. The second-order valence-corrected chi connectivity index (χ2v) is 6.37. The summed E-state index contributed by atoms with van der Waals surface area (Å²) < 4.78 is 5.50. The van der Waals surface area contributed by atoms with Crippen molar-refractivity contribution in [2.75, 3.05) is 18.9 Å². The zero-order chi connectivity index (χ0) is 16.8. The van der Waals surface area contributed by atoms with E-state index in [1.165, 1.54) is 10.3 Å². The normalized spacial score (nSPS) is 10.7. The van der Waals surface area contributed by atoms with Crippen molar-refractivity contribution in [3.8, 4) is 5.75 Å². The molecule has 24 heavy (non-hydrogen) atoms. The first-order chi connectivity index (χ1) is 11.8. The summed E-state index contributed by atoms with van der Waals surface area (Å²) in [5, 5.41) is 4.18. The molecule has 0 atom stereocenters. The van der Waals surface area contributed by atoms with Crippen LogP contribution in [-0.2, 0) is 0 Å². The van der Waals surface area contributed by atoms with Gasteiger partial charge in [-0.3, -0.25) is 4.79 Å². The van der Waals surface area contributed by atoms with Crippen LogP contribution in [0.3, 0.4) is 0 Å². The minimum Gasteiger partial charge on any atom is -0.493 e. The molecule has 0 aliphatic rings. The van der Waals surface area contributed by atoms with Gasteiger partial charge in [0.1, 0.15) is 5.75 Å². The average Bonchev–Trinajstić information content (AvgIpc) is 3.02. The van der Waals surface area contributed by atoms with Crippen LogP contribution < -0.4 is 10.1 Å².